The molecule has 22 heavy (non-hydrogen) atoms. The van der Waals surface area contributed by atoms with Gasteiger partial charge in [0.2, 0.25) is 0 Å². The van der Waals surface area contributed by atoms with Crippen molar-refractivity contribution < 1.29 is 4.74 Å². The summed E-state index contributed by atoms with van der Waals surface area (Å²) in [5, 5.41) is 7.02. The molecule has 124 valence electrons. The summed E-state index contributed by atoms with van der Waals surface area (Å²) in [7, 11) is 0. The fraction of sp³-hybridized carbons (Fsp3) is 0.812. The maximum atomic E-state index is 5.41. The van der Waals surface area contributed by atoms with Crippen molar-refractivity contribution in [3.63, 3.8) is 0 Å². The van der Waals surface area contributed by atoms with Crippen LogP contribution in [-0.4, -0.2) is 68.4 Å². The van der Waals surface area contributed by atoms with E-state index in [1.165, 1.54) is 24.5 Å². The predicted octanol–water partition coefficient (Wildman–Crippen LogP) is 1.67. The Balaban J connectivity index is 1.32. The highest BCUT2D eigenvalue weighted by atomic mass is 32.1. The fourth-order valence-corrected chi connectivity index (χ4v) is 4.00. The Labute approximate surface area is 137 Å². The molecule has 0 bridgehead atoms. The second-order valence-electron chi connectivity index (χ2n) is 6.50. The molecule has 2 aliphatic rings. The second kappa shape index (κ2) is 8.24. The smallest absolute Gasteiger partial charge is 0.185 e. The number of nitrogens with one attached hydrogen (secondary N) is 1. The monoisotopic (exact) mass is 324 g/mol. The van der Waals surface area contributed by atoms with E-state index >= 15 is 0 Å². The summed E-state index contributed by atoms with van der Waals surface area (Å²) in [5.74, 6) is 0.704. The number of thiazole rings is 1. The molecule has 2 saturated heterocycles. The van der Waals surface area contributed by atoms with Crippen molar-refractivity contribution >= 4 is 16.5 Å². The summed E-state index contributed by atoms with van der Waals surface area (Å²) in [6.07, 6.45) is 4.35. The average molecular weight is 324 g/mol. The molecule has 0 saturated carbocycles. The van der Waals surface area contributed by atoms with E-state index in [0.29, 0.717) is 12.0 Å². The van der Waals surface area contributed by atoms with Crippen LogP contribution >= 0.6 is 11.3 Å². The van der Waals surface area contributed by atoms with Crippen LogP contribution in [0.3, 0.4) is 0 Å². The van der Waals surface area contributed by atoms with Crippen LogP contribution in [0.4, 0.5) is 5.13 Å². The average Bonchev–Trinajstić information content (AvgIpc) is 3.09. The maximum Gasteiger partial charge on any atom is 0.185 e. The largest absolute Gasteiger partial charge is 0.379 e. The van der Waals surface area contributed by atoms with Crippen LogP contribution in [-0.2, 0) is 4.74 Å². The van der Waals surface area contributed by atoms with E-state index < -0.39 is 0 Å². The highest BCUT2D eigenvalue weighted by Gasteiger charge is 2.21. The second-order valence-corrected chi connectivity index (χ2v) is 7.38. The standard InChI is InChI=1S/C16H28N4OS/c1-14(13-19-7-9-21-10-8-19)12-18-15-2-5-20(6-3-15)16-17-4-11-22-16/h4,11,14-15,18H,2-3,5-10,12-13H2,1H3/t14-/m0/s1. The Morgan fingerprint density at radius 1 is 1.32 bits per heavy atom. The van der Waals surface area contributed by atoms with Crippen molar-refractivity contribution in [2.24, 2.45) is 5.92 Å². The zero-order chi connectivity index (χ0) is 15.2. The molecule has 0 aliphatic carbocycles. The summed E-state index contributed by atoms with van der Waals surface area (Å²) in [6, 6.07) is 0.670. The number of ether oxygens (including phenoxy) is 1. The van der Waals surface area contributed by atoms with E-state index in [1.54, 1.807) is 11.3 Å². The number of hydrogen-bond acceptors (Lipinski definition) is 6. The number of rotatable bonds is 6. The Morgan fingerprint density at radius 2 is 2.09 bits per heavy atom. The van der Waals surface area contributed by atoms with Gasteiger partial charge in [-0.1, -0.05) is 6.92 Å². The van der Waals surface area contributed by atoms with Crippen LogP contribution in [0.15, 0.2) is 11.6 Å². The molecule has 0 radical (unpaired) electrons. The first kappa shape index (κ1) is 16.2. The van der Waals surface area contributed by atoms with Crippen LogP contribution < -0.4 is 10.2 Å². The molecule has 0 amide bonds. The molecular weight excluding hydrogens is 296 g/mol. The number of hydrogen-bond donors (Lipinski definition) is 1. The molecule has 6 heteroatoms. The molecule has 1 aromatic rings. The number of piperidine rings is 1. The molecule has 1 atom stereocenters. The topological polar surface area (TPSA) is 40.6 Å². The van der Waals surface area contributed by atoms with Crippen molar-refractivity contribution in [1.82, 2.24) is 15.2 Å². The van der Waals surface area contributed by atoms with Crippen molar-refractivity contribution in [2.45, 2.75) is 25.8 Å². The lowest BCUT2D eigenvalue weighted by molar-refractivity contribution is 0.0316. The first-order valence-electron chi connectivity index (χ1n) is 8.49. The van der Waals surface area contributed by atoms with Crippen LogP contribution in [0.2, 0.25) is 0 Å². The Kier molecular flexibility index (Phi) is 6.06. The van der Waals surface area contributed by atoms with Crippen molar-refractivity contribution in [3.8, 4) is 0 Å². The summed E-state index contributed by atoms with van der Waals surface area (Å²) in [6.45, 7) is 10.9. The van der Waals surface area contributed by atoms with Gasteiger partial charge in [-0.05, 0) is 25.3 Å². The van der Waals surface area contributed by atoms with Gasteiger partial charge in [0, 0.05) is 50.3 Å². The van der Waals surface area contributed by atoms with E-state index in [-0.39, 0.29) is 0 Å². The van der Waals surface area contributed by atoms with Gasteiger partial charge < -0.3 is 15.0 Å². The lowest BCUT2D eigenvalue weighted by Crippen LogP contribution is -2.45. The lowest BCUT2D eigenvalue weighted by atomic mass is 10.0. The molecule has 3 heterocycles. The maximum absolute atomic E-state index is 5.41. The lowest BCUT2D eigenvalue weighted by Gasteiger charge is -2.34. The minimum atomic E-state index is 0.670. The predicted molar refractivity (Wildman–Crippen MR) is 91.8 cm³/mol. The third-order valence-electron chi connectivity index (χ3n) is 4.61. The van der Waals surface area contributed by atoms with Gasteiger partial charge in [-0.2, -0.15) is 0 Å². The molecule has 0 aromatic carbocycles. The molecule has 5 nitrogen and oxygen atoms in total. The summed E-state index contributed by atoms with van der Waals surface area (Å²) in [5.41, 5.74) is 0. The Morgan fingerprint density at radius 3 is 2.77 bits per heavy atom. The highest BCUT2D eigenvalue weighted by molar-refractivity contribution is 7.13. The van der Waals surface area contributed by atoms with E-state index in [9.17, 15) is 0 Å². The third-order valence-corrected chi connectivity index (χ3v) is 5.45. The highest BCUT2D eigenvalue weighted by Crippen LogP contribution is 2.22. The Hall–Kier alpha value is -0.690. The molecule has 3 rings (SSSR count). The van der Waals surface area contributed by atoms with E-state index in [4.69, 9.17) is 4.74 Å². The van der Waals surface area contributed by atoms with E-state index in [0.717, 1.165) is 45.9 Å². The van der Waals surface area contributed by atoms with Gasteiger partial charge in [-0.3, -0.25) is 4.90 Å². The van der Waals surface area contributed by atoms with Gasteiger partial charge in [0.05, 0.1) is 13.2 Å². The zero-order valence-electron chi connectivity index (χ0n) is 13.5. The molecule has 1 N–H and O–H groups in total. The zero-order valence-corrected chi connectivity index (χ0v) is 14.4. The SMILES string of the molecule is C[C@@H](CNC1CCN(c2nccs2)CC1)CN1CCOCC1. The van der Waals surface area contributed by atoms with Gasteiger partial charge in [-0.25, -0.2) is 4.98 Å². The summed E-state index contributed by atoms with van der Waals surface area (Å²) >= 11 is 1.75. The Bertz CT molecular complexity index is 414. The normalized spacial score (nSPS) is 22.9. The first-order chi connectivity index (χ1) is 10.8. The first-order valence-corrected chi connectivity index (χ1v) is 9.37. The van der Waals surface area contributed by atoms with Crippen LogP contribution in [0.5, 0.6) is 0 Å². The quantitative estimate of drug-likeness (QED) is 0.862. The summed E-state index contributed by atoms with van der Waals surface area (Å²) < 4.78 is 5.41. The van der Waals surface area contributed by atoms with Gasteiger partial charge >= 0.3 is 0 Å². The summed E-state index contributed by atoms with van der Waals surface area (Å²) in [4.78, 5) is 9.36. The van der Waals surface area contributed by atoms with E-state index in [1.807, 2.05) is 6.20 Å². The minimum Gasteiger partial charge on any atom is -0.379 e. The number of anilines is 1. The van der Waals surface area contributed by atoms with Crippen LogP contribution in [0.25, 0.3) is 0 Å². The van der Waals surface area contributed by atoms with Crippen LogP contribution in [0, 0.1) is 5.92 Å². The third kappa shape index (κ3) is 4.65. The molecular formula is C16H28N4OS. The fourth-order valence-electron chi connectivity index (χ4n) is 3.30. The number of nitrogens with zero attached hydrogens (tertiary/aromatic N) is 3. The number of morpholine rings is 1. The molecule has 1 aromatic heterocycles. The minimum absolute atomic E-state index is 0.670. The van der Waals surface area contributed by atoms with Gasteiger partial charge in [-0.15, -0.1) is 11.3 Å². The molecule has 2 fully saturated rings. The van der Waals surface area contributed by atoms with E-state index in [2.05, 4.69) is 32.4 Å². The number of aromatic nitrogens is 1. The van der Waals surface area contributed by atoms with Gasteiger partial charge in [0.25, 0.3) is 0 Å². The van der Waals surface area contributed by atoms with Crippen LogP contribution in [0.1, 0.15) is 19.8 Å². The molecule has 0 unspecified atom stereocenters. The van der Waals surface area contributed by atoms with Gasteiger partial charge in [0.1, 0.15) is 0 Å². The van der Waals surface area contributed by atoms with Crippen molar-refractivity contribution in [2.75, 3.05) is 57.4 Å². The van der Waals surface area contributed by atoms with Gasteiger partial charge in [0.15, 0.2) is 5.13 Å². The van der Waals surface area contributed by atoms with Crippen molar-refractivity contribution in [1.29, 1.82) is 0 Å². The molecule has 2 aliphatic heterocycles. The van der Waals surface area contributed by atoms with Crippen molar-refractivity contribution in [3.05, 3.63) is 11.6 Å². The molecule has 0 spiro atoms.